The van der Waals surface area contributed by atoms with Crippen LogP contribution in [0, 0.1) is 18.8 Å². The molecular formula is C17H22N2O2. The van der Waals surface area contributed by atoms with Crippen molar-refractivity contribution in [1.29, 1.82) is 0 Å². The van der Waals surface area contributed by atoms with Gasteiger partial charge < -0.3 is 15.8 Å². The third-order valence-electron chi connectivity index (χ3n) is 3.49. The fourth-order valence-electron chi connectivity index (χ4n) is 2.39. The van der Waals surface area contributed by atoms with Gasteiger partial charge in [-0.15, -0.1) is 0 Å². The van der Waals surface area contributed by atoms with Gasteiger partial charge in [-0.3, -0.25) is 4.79 Å². The zero-order valence-corrected chi connectivity index (χ0v) is 12.4. The number of nitrogens with one attached hydrogen (secondary N) is 1. The molecule has 0 spiro atoms. The van der Waals surface area contributed by atoms with Gasteiger partial charge >= 0.3 is 0 Å². The van der Waals surface area contributed by atoms with Crippen LogP contribution in [0.1, 0.15) is 36.8 Å². The fourth-order valence-corrected chi connectivity index (χ4v) is 2.39. The molecule has 1 unspecified atom stereocenters. The first-order chi connectivity index (χ1) is 10.2. The van der Waals surface area contributed by atoms with Crippen LogP contribution < -0.4 is 11.1 Å². The standard InChI is InChI=1S/C17H22N2O2/c1-13-6-8-16(14(12-13)4-2-10-18)19-17(20)9-7-15-5-3-11-21-15/h6,8,12,15H,3,5,7,9-11,18H2,1H3,(H,19,20). The predicted molar refractivity (Wildman–Crippen MR) is 83.9 cm³/mol. The summed E-state index contributed by atoms with van der Waals surface area (Å²) >= 11 is 0. The molecule has 1 aromatic rings. The number of nitrogens with two attached hydrogens (primary N) is 1. The molecule has 1 aromatic carbocycles. The Hall–Kier alpha value is -1.83. The second-order valence-corrected chi connectivity index (χ2v) is 5.28. The van der Waals surface area contributed by atoms with Gasteiger partial charge in [0.2, 0.25) is 5.91 Å². The number of ether oxygens (including phenoxy) is 1. The van der Waals surface area contributed by atoms with Crippen molar-refractivity contribution < 1.29 is 9.53 Å². The van der Waals surface area contributed by atoms with Crippen LogP contribution >= 0.6 is 0 Å². The lowest BCUT2D eigenvalue weighted by Gasteiger charge is -2.11. The van der Waals surface area contributed by atoms with Crippen LogP contribution in [0.25, 0.3) is 0 Å². The van der Waals surface area contributed by atoms with Crippen LogP contribution in [0.4, 0.5) is 5.69 Å². The van der Waals surface area contributed by atoms with E-state index < -0.39 is 0 Å². The van der Waals surface area contributed by atoms with Gasteiger partial charge in [0, 0.05) is 18.6 Å². The molecule has 0 aliphatic carbocycles. The SMILES string of the molecule is Cc1ccc(NC(=O)CCC2CCCO2)c(C#CCN)c1. The molecule has 0 bridgehead atoms. The number of carbonyl (C=O) groups is 1. The number of amides is 1. The van der Waals surface area contributed by atoms with Crippen molar-refractivity contribution in [3.63, 3.8) is 0 Å². The molecule has 1 saturated heterocycles. The molecule has 4 nitrogen and oxygen atoms in total. The zero-order chi connectivity index (χ0) is 15.1. The number of anilines is 1. The maximum Gasteiger partial charge on any atom is 0.224 e. The highest BCUT2D eigenvalue weighted by molar-refractivity contribution is 5.92. The summed E-state index contributed by atoms with van der Waals surface area (Å²) < 4.78 is 5.53. The number of benzene rings is 1. The Balaban J connectivity index is 1.95. The van der Waals surface area contributed by atoms with Gasteiger partial charge in [-0.25, -0.2) is 0 Å². The van der Waals surface area contributed by atoms with Crippen LogP contribution in [0.15, 0.2) is 18.2 Å². The van der Waals surface area contributed by atoms with E-state index in [-0.39, 0.29) is 12.0 Å². The third-order valence-corrected chi connectivity index (χ3v) is 3.49. The van der Waals surface area contributed by atoms with E-state index in [1.165, 1.54) is 0 Å². The van der Waals surface area contributed by atoms with Crippen LogP contribution in [0.2, 0.25) is 0 Å². The molecule has 0 radical (unpaired) electrons. The first-order valence-electron chi connectivity index (χ1n) is 7.40. The Morgan fingerprint density at radius 2 is 2.38 bits per heavy atom. The Morgan fingerprint density at radius 3 is 3.10 bits per heavy atom. The highest BCUT2D eigenvalue weighted by Crippen LogP contribution is 2.19. The number of hydrogen-bond donors (Lipinski definition) is 2. The Labute approximate surface area is 126 Å². The van der Waals surface area contributed by atoms with E-state index in [1.807, 2.05) is 25.1 Å². The molecular weight excluding hydrogens is 264 g/mol. The monoisotopic (exact) mass is 286 g/mol. The third kappa shape index (κ3) is 4.89. The van der Waals surface area contributed by atoms with Gasteiger partial charge in [-0.1, -0.05) is 17.9 Å². The lowest BCUT2D eigenvalue weighted by Crippen LogP contribution is -2.16. The largest absolute Gasteiger partial charge is 0.378 e. The van der Waals surface area contributed by atoms with E-state index >= 15 is 0 Å². The lowest BCUT2D eigenvalue weighted by molar-refractivity contribution is -0.116. The number of carbonyl (C=O) groups excluding carboxylic acids is 1. The first kappa shape index (κ1) is 15.6. The van der Waals surface area contributed by atoms with Crippen molar-refractivity contribution in [2.45, 2.75) is 38.7 Å². The predicted octanol–water partition coefficient (Wildman–Crippen LogP) is 2.20. The molecule has 1 atom stereocenters. The Bertz CT molecular complexity index is 552. The van der Waals surface area contributed by atoms with Gasteiger partial charge in [0.15, 0.2) is 0 Å². The van der Waals surface area contributed by atoms with Crippen LogP contribution in [-0.2, 0) is 9.53 Å². The van der Waals surface area contributed by atoms with Crippen molar-refractivity contribution in [2.75, 3.05) is 18.5 Å². The molecule has 1 aliphatic heterocycles. The summed E-state index contributed by atoms with van der Waals surface area (Å²) in [6.07, 6.45) is 3.66. The summed E-state index contributed by atoms with van der Waals surface area (Å²) in [4.78, 5) is 12.0. The van der Waals surface area contributed by atoms with Crippen LogP contribution in [-0.4, -0.2) is 25.2 Å². The molecule has 1 fully saturated rings. The van der Waals surface area contributed by atoms with Gasteiger partial charge in [0.1, 0.15) is 0 Å². The van der Waals surface area contributed by atoms with E-state index in [0.29, 0.717) is 13.0 Å². The molecule has 1 aliphatic rings. The van der Waals surface area contributed by atoms with Crippen LogP contribution in [0.5, 0.6) is 0 Å². The van der Waals surface area contributed by atoms with Gasteiger partial charge in [-0.2, -0.15) is 0 Å². The molecule has 0 saturated carbocycles. The second-order valence-electron chi connectivity index (χ2n) is 5.28. The minimum atomic E-state index is 0.00477. The molecule has 4 heteroatoms. The summed E-state index contributed by atoms with van der Waals surface area (Å²) in [5.41, 5.74) is 8.07. The molecule has 21 heavy (non-hydrogen) atoms. The summed E-state index contributed by atoms with van der Waals surface area (Å²) in [5, 5.41) is 2.93. The average Bonchev–Trinajstić information content (AvgIpc) is 2.98. The van der Waals surface area contributed by atoms with E-state index in [4.69, 9.17) is 10.5 Å². The Morgan fingerprint density at radius 1 is 1.52 bits per heavy atom. The molecule has 3 N–H and O–H groups in total. The minimum Gasteiger partial charge on any atom is -0.378 e. The zero-order valence-electron chi connectivity index (χ0n) is 12.4. The molecule has 1 amide bonds. The summed E-state index contributed by atoms with van der Waals surface area (Å²) in [7, 11) is 0. The second kappa shape index (κ2) is 7.82. The summed E-state index contributed by atoms with van der Waals surface area (Å²) in [5.74, 6) is 5.84. The molecule has 1 heterocycles. The highest BCUT2D eigenvalue weighted by Gasteiger charge is 2.17. The Kier molecular flexibility index (Phi) is 5.79. The van der Waals surface area contributed by atoms with Crippen molar-refractivity contribution in [3.05, 3.63) is 29.3 Å². The van der Waals surface area contributed by atoms with Crippen molar-refractivity contribution >= 4 is 11.6 Å². The van der Waals surface area contributed by atoms with Gasteiger partial charge in [0.25, 0.3) is 0 Å². The maximum atomic E-state index is 12.0. The lowest BCUT2D eigenvalue weighted by atomic mass is 10.1. The number of aryl methyl sites for hydroxylation is 1. The quantitative estimate of drug-likeness (QED) is 0.834. The number of hydrogen-bond acceptors (Lipinski definition) is 3. The summed E-state index contributed by atoms with van der Waals surface area (Å²) in [6, 6.07) is 5.81. The van der Waals surface area contributed by atoms with Gasteiger partial charge in [-0.05, 0) is 43.9 Å². The normalized spacial score (nSPS) is 17.1. The average molecular weight is 286 g/mol. The van der Waals surface area contributed by atoms with E-state index in [2.05, 4.69) is 17.2 Å². The van der Waals surface area contributed by atoms with Crippen molar-refractivity contribution in [2.24, 2.45) is 5.73 Å². The van der Waals surface area contributed by atoms with Crippen molar-refractivity contribution in [3.8, 4) is 11.8 Å². The van der Waals surface area contributed by atoms with E-state index in [9.17, 15) is 4.79 Å². The smallest absolute Gasteiger partial charge is 0.224 e. The van der Waals surface area contributed by atoms with Crippen LogP contribution in [0.3, 0.4) is 0 Å². The molecule has 112 valence electrons. The van der Waals surface area contributed by atoms with Crippen molar-refractivity contribution in [1.82, 2.24) is 0 Å². The topological polar surface area (TPSA) is 64.3 Å². The fraction of sp³-hybridized carbons (Fsp3) is 0.471. The van der Waals surface area contributed by atoms with E-state index in [1.54, 1.807) is 0 Å². The highest BCUT2D eigenvalue weighted by atomic mass is 16.5. The summed E-state index contributed by atoms with van der Waals surface area (Å²) in [6.45, 7) is 3.13. The van der Waals surface area contributed by atoms with E-state index in [0.717, 1.165) is 42.7 Å². The maximum absolute atomic E-state index is 12.0. The minimum absolute atomic E-state index is 0.00477. The molecule has 2 rings (SSSR count). The van der Waals surface area contributed by atoms with Gasteiger partial charge in [0.05, 0.1) is 18.3 Å². The molecule has 0 aromatic heterocycles. The number of rotatable bonds is 4. The first-order valence-corrected chi connectivity index (χ1v) is 7.40.